The molecule has 0 spiro atoms. The second-order valence-electron chi connectivity index (χ2n) is 6.86. The highest BCUT2D eigenvalue weighted by atomic mass is 32.2. The number of carbonyl (C=O) groups is 1. The van der Waals surface area contributed by atoms with Gasteiger partial charge in [0.2, 0.25) is 0 Å². The summed E-state index contributed by atoms with van der Waals surface area (Å²) in [4.78, 5) is 19.2. The van der Waals surface area contributed by atoms with Crippen molar-refractivity contribution in [2.75, 3.05) is 19.3 Å². The summed E-state index contributed by atoms with van der Waals surface area (Å²) in [5.41, 5.74) is 1.33. The molecule has 3 aromatic rings. The van der Waals surface area contributed by atoms with Gasteiger partial charge in [-0.15, -0.1) is 0 Å². The first-order valence-electron chi connectivity index (χ1n) is 9.02. The molecule has 28 heavy (non-hydrogen) atoms. The van der Waals surface area contributed by atoms with Gasteiger partial charge in [-0.05, 0) is 30.3 Å². The van der Waals surface area contributed by atoms with Gasteiger partial charge < -0.3 is 9.64 Å². The van der Waals surface area contributed by atoms with Crippen LogP contribution in [-0.4, -0.2) is 49.7 Å². The van der Waals surface area contributed by atoms with Crippen molar-refractivity contribution < 1.29 is 17.9 Å². The summed E-state index contributed by atoms with van der Waals surface area (Å²) in [5, 5.41) is 0.659. The highest BCUT2D eigenvalue weighted by molar-refractivity contribution is 7.90. The van der Waals surface area contributed by atoms with Gasteiger partial charge in [-0.25, -0.2) is 13.4 Å². The maximum absolute atomic E-state index is 12.7. The number of thiazole rings is 1. The molecule has 1 fully saturated rings. The van der Waals surface area contributed by atoms with Gasteiger partial charge in [0, 0.05) is 37.8 Å². The molecule has 2 heterocycles. The van der Waals surface area contributed by atoms with E-state index in [0.29, 0.717) is 36.7 Å². The monoisotopic (exact) mass is 416 g/mol. The van der Waals surface area contributed by atoms with Gasteiger partial charge in [0.05, 0.1) is 15.1 Å². The Morgan fingerprint density at radius 1 is 1.14 bits per heavy atom. The van der Waals surface area contributed by atoms with Crippen LogP contribution < -0.4 is 4.74 Å². The molecule has 0 N–H and O–H groups in total. The van der Waals surface area contributed by atoms with E-state index >= 15 is 0 Å². The molecule has 0 aliphatic carbocycles. The van der Waals surface area contributed by atoms with Crippen LogP contribution in [0.4, 0.5) is 0 Å². The average molecular weight is 417 g/mol. The lowest BCUT2D eigenvalue weighted by Crippen LogP contribution is -2.41. The third-order valence-corrected chi connectivity index (χ3v) is 6.82. The Kier molecular flexibility index (Phi) is 5.07. The minimum Gasteiger partial charge on any atom is -0.467 e. The number of amides is 1. The van der Waals surface area contributed by atoms with Crippen molar-refractivity contribution in [3.63, 3.8) is 0 Å². The summed E-state index contributed by atoms with van der Waals surface area (Å²) in [7, 11) is -3.34. The first-order valence-corrected chi connectivity index (χ1v) is 11.7. The number of ether oxygens (including phenoxy) is 1. The van der Waals surface area contributed by atoms with E-state index in [4.69, 9.17) is 4.74 Å². The van der Waals surface area contributed by atoms with E-state index in [1.807, 2.05) is 24.3 Å². The van der Waals surface area contributed by atoms with Gasteiger partial charge >= 0.3 is 0 Å². The number of hydrogen-bond donors (Lipinski definition) is 0. The van der Waals surface area contributed by atoms with Crippen molar-refractivity contribution in [3.8, 4) is 5.19 Å². The molecular weight excluding hydrogens is 396 g/mol. The number of benzene rings is 2. The Morgan fingerprint density at radius 2 is 1.89 bits per heavy atom. The number of sulfone groups is 1. The SMILES string of the molecule is CS(=O)(=O)c1cccc(C(=O)N2CCC(Oc3nc4ccccc4s3)CC2)c1. The van der Waals surface area contributed by atoms with Crippen molar-refractivity contribution >= 4 is 37.3 Å². The zero-order valence-corrected chi connectivity index (χ0v) is 17.0. The molecule has 1 amide bonds. The van der Waals surface area contributed by atoms with Gasteiger partial charge in [-0.2, -0.15) is 0 Å². The number of fused-ring (bicyclic) bond motifs is 1. The smallest absolute Gasteiger partial charge is 0.274 e. The third kappa shape index (κ3) is 4.02. The van der Waals surface area contributed by atoms with Crippen LogP contribution in [0.25, 0.3) is 10.2 Å². The number of aromatic nitrogens is 1. The summed E-state index contributed by atoms with van der Waals surface area (Å²) < 4.78 is 30.6. The quantitative estimate of drug-likeness (QED) is 0.652. The second-order valence-corrected chi connectivity index (χ2v) is 9.87. The van der Waals surface area contributed by atoms with Gasteiger partial charge in [0.25, 0.3) is 11.1 Å². The molecular formula is C20H20N2O4S2. The lowest BCUT2D eigenvalue weighted by atomic mass is 10.1. The average Bonchev–Trinajstić information content (AvgIpc) is 3.10. The van der Waals surface area contributed by atoms with E-state index in [0.717, 1.165) is 16.5 Å². The summed E-state index contributed by atoms with van der Waals surface area (Å²) in [6.07, 6.45) is 2.59. The van der Waals surface area contributed by atoms with Gasteiger partial charge in [0.15, 0.2) is 9.84 Å². The molecule has 1 aliphatic heterocycles. The maximum atomic E-state index is 12.7. The van der Waals surface area contributed by atoms with Crippen LogP contribution in [0.3, 0.4) is 0 Å². The number of rotatable bonds is 4. The fourth-order valence-electron chi connectivity index (χ4n) is 3.26. The zero-order chi connectivity index (χ0) is 19.7. The molecule has 146 valence electrons. The molecule has 0 bridgehead atoms. The summed E-state index contributed by atoms with van der Waals surface area (Å²) in [6, 6.07) is 14.1. The van der Waals surface area contributed by atoms with E-state index < -0.39 is 9.84 Å². The molecule has 2 aromatic carbocycles. The Bertz CT molecular complexity index is 1080. The zero-order valence-electron chi connectivity index (χ0n) is 15.4. The predicted octanol–water partition coefficient (Wildman–Crippen LogP) is 3.38. The fraction of sp³-hybridized carbons (Fsp3) is 0.300. The molecule has 1 saturated heterocycles. The minimum absolute atomic E-state index is 0.0203. The van der Waals surface area contributed by atoms with Crippen molar-refractivity contribution in [1.29, 1.82) is 0 Å². The normalized spacial score (nSPS) is 15.7. The van der Waals surface area contributed by atoms with E-state index in [1.54, 1.807) is 17.0 Å². The number of hydrogen-bond acceptors (Lipinski definition) is 6. The van der Waals surface area contributed by atoms with Crippen LogP contribution in [0.5, 0.6) is 5.19 Å². The molecule has 1 aromatic heterocycles. The first-order chi connectivity index (χ1) is 13.4. The highest BCUT2D eigenvalue weighted by Gasteiger charge is 2.26. The van der Waals surface area contributed by atoms with Crippen molar-refractivity contribution in [2.24, 2.45) is 0 Å². The molecule has 0 atom stereocenters. The Labute approximate surface area is 167 Å². The highest BCUT2D eigenvalue weighted by Crippen LogP contribution is 2.29. The van der Waals surface area contributed by atoms with Crippen molar-refractivity contribution in [3.05, 3.63) is 54.1 Å². The van der Waals surface area contributed by atoms with Gasteiger partial charge in [-0.3, -0.25) is 4.79 Å². The topological polar surface area (TPSA) is 76.6 Å². The standard InChI is InChI=1S/C20H20N2O4S2/c1-28(24,25)16-6-4-5-14(13-16)19(23)22-11-9-15(10-12-22)26-20-21-17-7-2-3-8-18(17)27-20/h2-8,13,15H,9-12H2,1H3. The van der Waals surface area contributed by atoms with E-state index in [-0.39, 0.29) is 16.9 Å². The first kappa shape index (κ1) is 18.9. The number of likely N-dealkylation sites (tertiary alicyclic amines) is 1. The van der Waals surface area contributed by atoms with E-state index in [2.05, 4.69) is 4.98 Å². The van der Waals surface area contributed by atoms with Gasteiger partial charge in [0.1, 0.15) is 6.10 Å². The Balaban J connectivity index is 1.39. The molecule has 4 rings (SSSR count). The summed E-state index contributed by atoms with van der Waals surface area (Å²) in [6.45, 7) is 1.13. The minimum atomic E-state index is -3.34. The van der Waals surface area contributed by atoms with Crippen molar-refractivity contribution in [2.45, 2.75) is 23.8 Å². The van der Waals surface area contributed by atoms with Crippen LogP contribution in [0.1, 0.15) is 23.2 Å². The summed E-state index contributed by atoms with van der Waals surface area (Å²) in [5.74, 6) is -0.149. The van der Waals surface area contributed by atoms with Crippen LogP contribution in [0.2, 0.25) is 0 Å². The fourth-order valence-corrected chi connectivity index (χ4v) is 4.81. The number of para-hydroxylation sites is 1. The lowest BCUT2D eigenvalue weighted by molar-refractivity contribution is 0.0595. The van der Waals surface area contributed by atoms with Crippen LogP contribution >= 0.6 is 11.3 Å². The summed E-state index contributed by atoms with van der Waals surface area (Å²) >= 11 is 1.53. The molecule has 8 heteroatoms. The second kappa shape index (κ2) is 7.52. The molecule has 6 nitrogen and oxygen atoms in total. The van der Waals surface area contributed by atoms with E-state index in [1.165, 1.54) is 23.5 Å². The molecule has 0 saturated carbocycles. The van der Waals surface area contributed by atoms with Crippen LogP contribution in [-0.2, 0) is 9.84 Å². The lowest BCUT2D eigenvalue weighted by Gasteiger charge is -2.31. The van der Waals surface area contributed by atoms with E-state index in [9.17, 15) is 13.2 Å². The predicted molar refractivity (Wildman–Crippen MR) is 109 cm³/mol. The number of piperidine rings is 1. The van der Waals surface area contributed by atoms with Crippen LogP contribution in [0, 0.1) is 0 Å². The van der Waals surface area contributed by atoms with Gasteiger partial charge in [-0.1, -0.05) is 29.5 Å². The number of carbonyl (C=O) groups excluding carboxylic acids is 1. The Morgan fingerprint density at radius 3 is 2.61 bits per heavy atom. The largest absolute Gasteiger partial charge is 0.467 e. The molecule has 1 aliphatic rings. The van der Waals surface area contributed by atoms with Crippen molar-refractivity contribution in [1.82, 2.24) is 9.88 Å². The molecule has 0 unspecified atom stereocenters. The Hall–Kier alpha value is -2.45. The maximum Gasteiger partial charge on any atom is 0.274 e. The van der Waals surface area contributed by atoms with Crippen LogP contribution in [0.15, 0.2) is 53.4 Å². The number of nitrogens with zero attached hydrogens (tertiary/aromatic N) is 2. The third-order valence-electron chi connectivity index (χ3n) is 4.78. The molecule has 0 radical (unpaired) electrons.